The predicted octanol–water partition coefficient (Wildman–Crippen LogP) is 4.54. The molecule has 0 aliphatic heterocycles. The van der Waals surface area contributed by atoms with Gasteiger partial charge >= 0.3 is 5.97 Å². The molecule has 3 aromatic rings. The molecule has 1 aliphatic carbocycles. The molecule has 0 radical (unpaired) electrons. The topological polar surface area (TPSA) is 81.0 Å². The van der Waals surface area contributed by atoms with E-state index in [2.05, 4.69) is 16.2 Å². The maximum absolute atomic E-state index is 10.8. The molecule has 0 amide bonds. The van der Waals surface area contributed by atoms with Crippen LogP contribution < -0.4 is 4.74 Å². The van der Waals surface area contributed by atoms with Crippen molar-refractivity contribution < 1.29 is 19.5 Å². The summed E-state index contributed by atoms with van der Waals surface area (Å²) in [5.74, 6) is -0.358. The van der Waals surface area contributed by atoms with Crippen LogP contribution >= 0.6 is 0 Å². The number of hydrogen-bond acceptors (Lipinski definition) is 5. The monoisotopic (exact) mass is 428 g/mol. The summed E-state index contributed by atoms with van der Waals surface area (Å²) in [5, 5.41) is 13.3. The Balaban J connectivity index is 1.47. The van der Waals surface area contributed by atoms with E-state index < -0.39 is 5.97 Å². The number of carboxylic acid groups (broad SMARTS) is 1. The van der Waals surface area contributed by atoms with Crippen molar-refractivity contribution in [1.82, 2.24) is 4.98 Å². The molecule has 6 nitrogen and oxygen atoms in total. The molecular formula is C26H24N2O4. The lowest BCUT2D eigenvalue weighted by molar-refractivity contribution is -0.139. The lowest BCUT2D eigenvalue weighted by Gasteiger charge is -2.19. The molecule has 1 aliphatic rings. The summed E-state index contributed by atoms with van der Waals surface area (Å²) >= 11 is 0. The molecular weight excluding hydrogens is 404 g/mol. The van der Waals surface area contributed by atoms with E-state index in [0.717, 1.165) is 46.4 Å². The van der Waals surface area contributed by atoms with E-state index in [1.165, 1.54) is 0 Å². The number of nitrogens with zero attached hydrogens (tertiary/aromatic N) is 2. The zero-order chi connectivity index (χ0) is 22.2. The first-order valence-electron chi connectivity index (χ1n) is 10.5. The Morgan fingerprint density at radius 3 is 2.69 bits per heavy atom. The number of hydrogen-bond donors (Lipinski definition) is 1. The van der Waals surface area contributed by atoms with Crippen molar-refractivity contribution >= 4 is 17.8 Å². The zero-order valence-electron chi connectivity index (χ0n) is 17.6. The Labute approximate surface area is 186 Å². The third kappa shape index (κ3) is 5.60. The molecule has 6 heteroatoms. The Kier molecular flexibility index (Phi) is 6.92. The van der Waals surface area contributed by atoms with Crippen LogP contribution in [0.4, 0.5) is 0 Å². The van der Waals surface area contributed by atoms with Crippen LogP contribution in [0.1, 0.15) is 28.7 Å². The highest BCUT2D eigenvalue weighted by Gasteiger charge is 2.16. The molecule has 162 valence electrons. The van der Waals surface area contributed by atoms with Gasteiger partial charge in [-0.3, -0.25) is 4.98 Å². The highest BCUT2D eigenvalue weighted by atomic mass is 16.6. The number of carbonyl (C=O) groups is 1. The molecule has 32 heavy (non-hydrogen) atoms. The van der Waals surface area contributed by atoms with Crippen molar-refractivity contribution in [3.05, 3.63) is 101 Å². The molecule has 0 unspecified atom stereocenters. The molecule has 0 saturated heterocycles. The molecule has 0 fully saturated rings. The van der Waals surface area contributed by atoms with Crippen molar-refractivity contribution in [2.45, 2.75) is 19.3 Å². The quantitative estimate of drug-likeness (QED) is 0.400. The van der Waals surface area contributed by atoms with Gasteiger partial charge in [-0.25, -0.2) is 4.79 Å². The lowest BCUT2D eigenvalue weighted by atomic mass is 9.92. The second-order valence-corrected chi connectivity index (χ2v) is 7.52. The van der Waals surface area contributed by atoms with Gasteiger partial charge < -0.3 is 14.7 Å². The van der Waals surface area contributed by atoms with Gasteiger partial charge in [0.15, 0.2) is 6.61 Å². The lowest BCUT2D eigenvalue weighted by Crippen LogP contribution is -2.12. The Morgan fingerprint density at radius 1 is 1.03 bits per heavy atom. The number of ether oxygens (including phenoxy) is 1. The molecule has 0 bridgehead atoms. The summed E-state index contributed by atoms with van der Waals surface area (Å²) in [6.45, 7) is 0.0487. The van der Waals surface area contributed by atoms with Crippen LogP contribution in [0.5, 0.6) is 5.75 Å². The molecule has 1 heterocycles. The van der Waals surface area contributed by atoms with E-state index in [4.69, 9.17) is 14.7 Å². The summed E-state index contributed by atoms with van der Waals surface area (Å²) in [4.78, 5) is 20.8. The summed E-state index contributed by atoms with van der Waals surface area (Å²) in [6, 6.07) is 19.6. The van der Waals surface area contributed by atoms with Crippen LogP contribution in [0.2, 0.25) is 0 Å². The standard InChI is InChI=1S/C26H24N2O4/c29-26(30)18-31-25-10-4-9-22-14-20(11-12-23(22)25)17-32-28-24(21-7-2-1-3-8-21)15-19-6-5-13-27-16-19/h1-10,13-14,16H,11-12,15,17-18H2,(H,29,30). The molecule has 2 aromatic carbocycles. The number of aliphatic carboxylic acids is 1. The number of pyridine rings is 1. The minimum absolute atomic E-state index is 0.343. The van der Waals surface area contributed by atoms with E-state index in [1.807, 2.05) is 66.9 Å². The maximum atomic E-state index is 10.8. The minimum atomic E-state index is -0.985. The third-order valence-electron chi connectivity index (χ3n) is 5.20. The SMILES string of the molecule is O=C(O)COc1cccc2c1CCC(CON=C(Cc1cccnc1)c1ccccc1)=C2. The first kappa shape index (κ1) is 21.3. The largest absolute Gasteiger partial charge is 0.482 e. The molecule has 1 N–H and O–H groups in total. The Morgan fingerprint density at radius 2 is 1.91 bits per heavy atom. The van der Waals surface area contributed by atoms with Crippen LogP contribution in [0.15, 0.2) is 83.8 Å². The van der Waals surface area contributed by atoms with Gasteiger partial charge in [0.25, 0.3) is 0 Å². The van der Waals surface area contributed by atoms with Crippen molar-refractivity contribution in [1.29, 1.82) is 0 Å². The van der Waals surface area contributed by atoms with Gasteiger partial charge in [-0.05, 0) is 47.2 Å². The van der Waals surface area contributed by atoms with Gasteiger partial charge in [-0.2, -0.15) is 0 Å². The first-order valence-corrected chi connectivity index (χ1v) is 10.5. The van der Waals surface area contributed by atoms with Crippen molar-refractivity contribution in [3.63, 3.8) is 0 Å². The molecule has 0 saturated carbocycles. The fourth-order valence-electron chi connectivity index (χ4n) is 3.66. The second-order valence-electron chi connectivity index (χ2n) is 7.52. The fourth-order valence-corrected chi connectivity index (χ4v) is 3.66. The number of oxime groups is 1. The number of aromatic nitrogens is 1. The van der Waals surface area contributed by atoms with E-state index in [0.29, 0.717) is 18.8 Å². The van der Waals surface area contributed by atoms with Crippen LogP contribution in [0.25, 0.3) is 6.08 Å². The summed E-state index contributed by atoms with van der Waals surface area (Å²) in [5.41, 5.74) is 6.12. The number of carboxylic acids is 1. The molecule has 0 atom stereocenters. The van der Waals surface area contributed by atoms with Crippen molar-refractivity contribution in [2.75, 3.05) is 13.2 Å². The average Bonchev–Trinajstić information content (AvgIpc) is 2.83. The summed E-state index contributed by atoms with van der Waals surface area (Å²) < 4.78 is 5.43. The molecule has 4 rings (SSSR count). The van der Waals surface area contributed by atoms with Crippen LogP contribution in [-0.4, -0.2) is 35.0 Å². The maximum Gasteiger partial charge on any atom is 0.341 e. The van der Waals surface area contributed by atoms with Crippen molar-refractivity contribution in [3.8, 4) is 5.75 Å². The van der Waals surface area contributed by atoms with E-state index in [1.54, 1.807) is 6.20 Å². The van der Waals surface area contributed by atoms with Gasteiger partial charge in [0.2, 0.25) is 0 Å². The van der Waals surface area contributed by atoms with Gasteiger partial charge in [-0.1, -0.05) is 59.8 Å². The van der Waals surface area contributed by atoms with E-state index in [9.17, 15) is 4.79 Å². The van der Waals surface area contributed by atoms with Crippen LogP contribution in [0.3, 0.4) is 0 Å². The highest BCUT2D eigenvalue weighted by Crippen LogP contribution is 2.31. The smallest absolute Gasteiger partial charge is 0.341 e. The number of fused-ring (bicyclic) bond motifs is 1. The summed E-state index contributed by atoms with van der Waals surface area (Å²) in [7, 11) is 0. The zero-order valence-corrected chi connectivity index (χ0v) is 17.6. The van der Waals surface area contributed by atoms with Gasteiger partial charge in [0.1, 0.15) is 12.4 Å². The van der Waals surface area contributed by atoms with Gasteiger partial charge in [0, 0.05) is 24.4 Å². The van der Waals surface area contributed by atoms with Crippen LogP contribution in [-0.2, 0) is 22.5 Å². The fraction of sp³-hybridized carbons (Fsp3) is 0.192. The van der Waals surface area contributed by atoms with Crippen LogP contribution in [0, 0.1) is 0 Å². The van der Waals surface area contributed by atoms with E-state index in [-0.39, 0.29) is 6.61 Å². The number of rotatable bonds is 9. The van der Waals surface area contributed by atoms with Gasteiger partial charge in [0.05, 0.1) is 5.71 Å². The number of benzene rings is 2. The predicted molar refractivity (Wildman–Crippen MR) is 123 cm³/mol. The van der Waals surface area contributed by atoms with Crippen molar-refractivity contribution in [2.24, 2.45) is 5.16 Å². The average molecular weight is 428 g/mol. The molecule has 0 spiro atoms. The van der Waals surface area contributed by atoms with Gasteiger partial charge in [-0.15, -0.1) is 0 Å². The minimum Gasteiger partial charge on any atom is -0.482 e. The first-order chi connectivity index (χ1) is 15.7. The highest BCUT2D eigenvalue weighted by molar-refractivity contribution is 6.01. The summed E-state index contributed by atoms with van der Waals surface area (Å²) in [6.07, 6.45) is 7.87. The normalized spacial score (nSPS) is 13.1. The Bertz CT molecular complexity index is 1130. The third-order valence-corrected chi connectivity index (χ3v) is 5.20. The van der Waals surface area contributed by atoms with E-state index >= 15 is 0 Å². The Hall–Kier alpha value is -3.93. The molecule has 1 aromatic heterocycles. The second kappa shape index (κ2) is 10.4.